The van der Waals surface area contributed by atoms with Crippen molar-refractivity contribution >= 4 is 5.97 Å². The van der Waals surface area contributed by atoms with Crippen LogP contribution in [-0.2, 0) is 9.53 Å². The average Bonchev–Trinajstić information content (AvgIpc) is 2.99. The molecule has 2 fully saturated rings. The van der Waals surface area contributed by atoms with E-state index in [9.17, 15) is 4.79 Å². The first-order chi connectivity index (χ1) is 7.29. The molecule has 1 aliphatic carbocycles. The van der Waals surface area contributed by atoms with E-state index in [1.165, 1.54) is 39.0 Å². The Morgan fingerprint density at radius 3 is 2.93 bits per heavy atom. The largest absolute Gasteiger partial charge is 0.466 e. The van der Waals surface area contributed by atoms with Crippen LogP contribution in [0, 0.1) is 0 Å². The maximum atomic E-state index is 10.8. The zero-order chi connectivity index (χ0) is 10.7. The van der Waals surface area contributed by atoms with Crippen LogP contribution in [0.1, 0.15) is 19.3 Å². The lowest BCUT2D eigenvalue weighted by atomic mass is 10.3. The van der Waals surface area contributed by atoms with E-state index >= 15 is 0 Å². The lowest BCUT2D eigenvalue weighted by Crippen LogP contribution is -2.30. The first kappa shape index (κ1) is 10.5. The maximum Gasteiger partial charge on any atom is 0.331 e. The number of carbonyl (C=O) groups is 1. The van der Waals surface area contributed by atoms with E-state index in [1.54, 1.807) is 6.20 Å². The van der Waals surface area contributed by atoms with E-state index in [0.29, 0.717) is 6.04 Å². The Balaban J connectivity index is 1.67. The van der Waals surface area contributed by atoms with Crippen molar-refractivity contribution in [1.82, 2.24) is 10.2 Å². The molecule has 2 rings (SSSR count). The van der Waals surface area contributed by atoms with Crippen molar-refractivity contribution < 1.29 is 9.53 Å². The van der Waals surface area contributed by atoms with Crippen LogP contribution in [0.4, 0.5) is 0 Å². The molecule has 84 valence electrons. The third-order valence-electron chi connectivity index (χ3n) is 3.04. The molecule has 1 N–H and O–H groups in total. The van der Waals surface area contributed by atoms with Gasteiger partial charge in [0.2, 0.25) is 0 Å². The fourth-order valence-corrected chi connectivity index (χ4v) is 2.01. The van der Waals surface area contributed by atoms with Crippen LogP contribution >= 0.6 is 0 Å². The van der Waals surface area contributed by atoms with Gasteiger partial charge >= 0.3 is 5.97 Å². The van der Waals surface area contributed by atoms with Gasteiger partial charge in [0.25, 0.3) is 0 Å². The second-order valence-corrected chi connectivity index (χ2v) is 4.23. The van der Waals surface area contributed by atoms with Crippen molar-refractivity contribution in [2.45, 2.75) is 31.3 Å². The number of esters is 1. The molecule has 2 aliphatic rings. The maximum absolute atomic E-state index is 10.8. The zero-order valence-corrected chi connectivity index (χ0v) is 9.11. The minimum atomic E-state index is -0.306. The van der Waals surface area contributed by atoms with Crippen LogP contribution in [-0.4, -0.2) is 43.2 Å². The summed E-state index contributed by atoms with van der Waals surface area (Å²) in [6.45, 7) is 2.30. The normalized spacial score (nSPS) is 27.1. The predicted molar refractivity (Wildman–Crippen MR) is 57.3 cm³/mol. The van der Waals surface area contributed by atoms with Gasteiger partial charge < -0.3 is 10.1 Å². The van der Waals surface area contributed by atoms with Crippen molar-refractivity contribution in [2.24, 2.45) is 0 Å². The molecular weight excluding hydrogens is 192 g/mol. The fourth-order valence-electron chi connectivity index (χ4n) is 2.01. The number of likely N-dealkylation sites (tertiary alicyclic amines) is 1. The van der Waals surface area contributed by atoms with E-state index in [0.717, 1.165) is 12.6 Å². The molecule has 0 spiro atoms. The molecule has 0 aromatic heterocycles. The Morgan fingerprint density at radius 1 is 1.47 bits per heavy atom. The monoisotopic (exact) mass is 210 g/mol. The highest BCUT2D eigenvalue weighted by Gasteiger charge is 2.33. The van der Waals surface area contributed by atoms with Crippen LogP contribution < -0.4 is 5.32 Å². The molecule has 1 saturated carbocycles. The van der Waals surface area contributed by atoms with Crippen LogP contribution in [0.5, 0.6) is 0 Å². The second kappa shape index (κ2) is 4.66. The van der Waals surface area contributed by atoms with Gasteiger partial charge in [-0.2, -0.15) is 0 Å². The quantitative estimate of drug-likeness (QED) is 0.542. The average molecular weight is 210 g/mol. The Bertz CT molecular complexity index is 261. The van der Waals surface area contributed by atoms with Gasteiger partial charge in [-0.05, 0) is 19.3 Å². The summed E-state index contributed by atoms with van der Waals surface area (Å²) in [5.74, 6) is -0.306. The predicted octanol–water partition coefficient (Wildman–Crippen LogP) is 0.499. The standard InChI is InChI=1S/C11H18N2O2/c1-15-11(14)4-6-12-9-5-7-13(8-9)10-2-3-10/h4,6,9-10,12H,2-3,5,7-8H2,1H3/b6-4+. The number of nitrogens with one attached hydrogen (secondary N) is 1. The first-order valence-electron chi connectivity index (χ1n) is 5.54. The van der Waals surface area contributed by atoms with Crippen LogP contribution in [0.3, 0.4) is 0 Å². The second-order valence-electron chi connectivity index (χ2n) is 4.23. The molecule has 4 nitrogen and oxygen atoms in total. The molecule has 0 aromatic rings. The third kappa shape index (κ3) is 2.96. The Hall–Kier alpha value is -1.03. The molecule has 0 bridgehead atoms. The van der Waals surface area contributed by atoms with Crippen molar-refractivity contribution in [3.05, 3.63) is 12.3 Å². The highest BCUT2D eigenvalue weighted by molar-refractivity contribution is 5.81. The van der Waals surface area contributed by atoms with E-state index in [-0.39, 0.29) is 5.97 Å². The lowest BCUT2D eigenvalue weighted by molar-refractivity contribution is -0.134. The summed E-state index contributed by atoms with van der Waals surface area (Å²) in [4.78, 5) is 13.3. The van der Waals surface area contributed by atoms with Gasteiger partial charge in [0.1, 0.15) is 0 Å². The summed E-state index contributed by atoms with van der Waals surface area (Å²) in [7, 11) is 1.39. The molecule has 0 aromatic carbocycles. The molecule has 1 aliphatic heterocycles. The van der Waals surface area contributed by atoms with E-state index < -0.39 is 0 Å². The summed E-state index contributed by atoms with van der Waals surface area (Å²) in [5, 5.41) is 3.24. The van der Waals surface area contributed by atoms with Gasteiger partial charge in [-0.1, -0.05) is 0 Å². The molecule has 1 saturated heterocycles. The Labute approximate surface area is 90.3 Å². The fraction of sp³-hybridized carbons (Fsp3) is 0.727. The van der Waals surface area contributed by atoms with E-state index in [1.807, 2.05) is 0 Å². The summed E-state index contributed by atoms with van der Waals surface area (Å²) in [6, 6.07) is 1.34. The molecule has 1 heterocycles. The lowest BCUT2D eigenvalue weighted by Gasteiger charge is -2.14. The van der Waals surface area contributed by atoms with Crippen LogP contribution in [0.15, 0.2) is 12.3 Å². The molecule has 4 heteroatoms. The summed E-state index contributed by atoms with van der Waals surface area (Å²) >= 11 is 0. The van der Waals surface area contributed by atoms with Crippen molar-refractivity contribution in [1.29, 1.82) is 0 Å². The molecule has 0 amide bonds. The van der Waals surface area contributed by atoms with Gasteiger partial charge in [-0.25, -0.2) is 4.79 Å². The third-order valence-corrected chi connectivity index (χ3v) is 3.04. The number of hydrogen-bond acceptors (Lipinski definition) is 4. The first-order valence-corrected chi connectivity index (χ1v) is 5.54. The SMILES string of the molecule is COC(=O)/C=C/NC1CCN(C2CC2)C1. The minimum Gasteiger partial charge on any atom is -0.466 e. The smallest absolute Gasteiger partial charge is 0.331 e. The number of methoxy groups -OCH3 is 1. The highest BCUT2D eigenvalue weighted by atomic mass is 16.5. The van der Waals surface area contributed by atoms with Crippen LogP contribution in [0.25, 0.3) is 0 Å². The molecule has 1 atom stereocenters. The molecule has 1 unspecified atom stereocenters. The van der Waals surface area contributed by atoms with Crippen LogP contribution in [0.2, 0.25) is 0 Å². The Morgan fingerprint density at radius 2 is 2.27 bits per heavy atom. The minimum absolute atomic E-state index is 0.306. The summed E-state index contributed by atoms with van der Waals surface area (Å²) in [5.41, 5.74) is 0. The molecule has 15 heavy (non-hydrogen) atoms. The van der Waals surface area contributed by atoms with Gasteiger partial charge in [0.15, 0.2) is 0 Å². The number of rotatable bonds is 4. The van der Waals surface area contributed by atoms with Crippen molar-refractivity contribution in [3.8, 4) is 0 Å². The van der Waals surface area contributed by atoms with E-state index in [2.05, 4.69) is 15.0 Å². The summed E-state index contributed by atoms with van der Waals surface area (Å²) in [6.07, 6.45) is 7.03. The van der Waals surface area contributed by atoms with Gasteiger partial charge in [-0.3, -0.25) is 4.90 Å². The number of hydrogen-bond donors (Lipinski definition) is 1. The van der Waals surface area contributed by atoms with E-state index in [4.69, 9.17) is 0 Å². The van der Waals surface area contributed by atoms with Crippen molar-refractivity contribution in [3.63, 3.8) is 0 Å². The van der Waals surface area contributed by atoms with Gasteiger partial charge in [0.05, 0.1) is 7.11 Å². The van der Waals surface area contributed by atoms with Gasteiger partial charge in [-0.15, -0.1) is 0 Å². The molecule has 0 radical (unpaired) electrons. The zero-order valence-electron chi connectivity index (χ0n) is 9.11. The van der Waals surface area contributed by atoms with Gasteiger partial charge in [0, 0.05) is 37.4 Å². The Kier molecular flexibility index (Phi) is 3.26. The topological polar surface area (TPSA) is 41.6 Å². The molecular formula is C11H18N2O2. The summed E-state index contributed by atoms with van der Waals surface area (Å²) < 4.78 is 4.51. The number of ether oxygens (including phenoxy) is 1. The number of carbonyl (C=O) groups excluding carboxylic acids is 1. The number of nitrogens with zero attached hydrogens (tertiary/aromatic N) is 1. The van der Waals surface area contributed by atoms with Crippen molar-refractivity contribution in [2.75, 3.05) is 20.2 Å². The highest BCUT2D eigenvalue weighted by Crippen LogP contribution is 2.29.